The van der Waals surface area contributed by atoms with Gasteiger partial charge in [-0.05, 0) is 18.1 Å². The summed E-state index contributed by atoms with van der Waals surface area (Å²) in [5, 5.41) is 0. The van der Waals surface area contributed by atoms with Gasteiger partial charge in [-0.25, -0.2) is 8.78 Å². The van der Waals surface area contributed by atoms with Crippen LogP contribution < -0.4 is 0 Å². The van der Waals surface area contributed by atoms with Gasteiger partial charge in [0.25, 0.3) is 5.91 Å². The maximum Gasteiger partial charge on any atom is 0.257 e. The first-order valence-corrected chi connectivity index (χ1v) is 7.84. The number of rotatable bonds is 3. The molecular weight excluding hydrogens is 342 g/mol. The van der Waals surface area contributed by atoms with E-state index >= 15 is 0 Å². The van der Waals surface area contributed by atoms with E-state index in [1.165, 1.54) is 6.07 Å². The average Bonchev–Trinajstić information content (AvgIpc) is 2.42. The van der Waals surface area contributed by atoms with Crippen molar-refractivity contribution in [3.63, 3.8) is 0 Å². The van der Waals surface area contributed by atoms with Crippen molar-refractivity contribution < 1.29 is 13.6 Å². The summed E-state index contributed by atoms with van der Waals surface area (Å²) in [4.78, 5) is 16.2. The fraction of sp³-hybridized carbons (Fsp3) is 0.533. The molecule has 1 aliphatic heterocycles. The molecular formula is C15H19BrF2N2O. The van der Waals surface area contributed by atoms with E-state index in [4.69, 9.17) is 0 Å². The minimum atomic E-state index is -1.08. The number of halogens is 3. The van der Waals surface area contributed by atoms with Crippen LogP contribution in [-0.4, -0.2) is 48.4 Å². The second-order valence-electron chi connectivity index (χ2n) is 5.74. The molecule has 0 aliphatic carbocycles. The zero-order valence-corrected chi connectivity index (χ0v) is 13.8. The highest BCUT2D eigenvalue weighted by atomic mass is 79.9. The fourth-order valence-electron chi connectivity index (χ4n) is 2.53. The molecule has 116 valence electrons. The SMILES string of the molecule is CC(C)CN1CCN(C(=O)c2cc(Br)cc(F)c2F)CC1. The van der Waals surface area contributed by atoms with Crippen LogP contribution in [0.25, 0.3) is 0 Å². The molecule has 0 bridgehead atoms. The second kappa shape index (κ2) is 6.83. The van der Waals surface area contributed by atoms with E-state index in [1.54, 1.807) is 4.90 Å². The van der Waals surface area contributed by atoms with E-state index in [1.807, 2.05) is 0 Å². The van der Waals surface area contributed by atoms with Crippen molar-refractivity contribution >= 4 is 21.8 Å². The molecule has 1 heterocycles. The van der Waals surface area contributed by atoms with Crippen LogP contribution >= 0.6 is 15.9 Å². The van der Waals surface area contributed by atoms with Crippen molar-refractivity contribution in [2.45, 2.75) is 13.8 Å². The smallest absolute Gasteiger partial charge is 0.257 e. The molecule has 3 nitrogen and oxygen atoms in total. The first kappa shape index (κ1) is 16.4. The van der Waals surface area contributed by atoms with Crippen molar-refractivity contribution in [1.29, 1.82) is 0 Å². The summed E-state index contributed by atoms with van der Waals surface area (Å²) >= 11 is 3.09. The standard InChI is InChI=1S/C15H19BrF2N2O/c1-10(2)9-19-3-5-20(6-4-19)15(21)12-7-11(16)8-13(17)14(12)18/h7-8,10H,3-6,9H2,1-2H3. The van der Waals surface area contributed by atoms with Crippen LogP contribution in [0.3, 0.4) is 0 Å². The minimum Gasteiger partial charge on any atom is -0.336 e. The molecule has 21 heavy (non-hydrogen) atoms. The maximum atomic E-state index is 13.8. The van der Waals surface area contributed by atoms with E-state index in [0.717, 1.165) is 25.7 Å². The van der Waals surface area contributed by atoms with E-state index < -0.39 is 17.5 Å². The van der Waals surface area contributed by atoms with Crippen LogP contribution in [0.5, 0.6) is 0 Å². The van der Waals surface area contributed by atoms with Gasteiger partial charge < -0.3 is 4.90 Å². The number of benzene rings is 1. The molecule has 0 aromatic heterocycles. The molecule has 1 aromatic carbocycles. The third-order valence-corrected chi connectivity index (χ3v) is 3.96. The topological polar surface area (TPSA) is 23.6 Å². The molecule has 1 aromatic rings. The molecule has 1 fully saturated rings. The lowest BCUT2D eigenvalue weighted by atomic mass is 10.1. The highest BCUT2D eigenvalue weighted by molar-refractivity contribution is 9.10. The van der Waals surface area contributed by atoms with Crippen LogP contribution in [0.2, 0.25) is 0 Å². The predicted molar refractivity (Wildman–Crippen MR) is 81.2 cm³/mol. The molecule has 6 heteroatoms. The van der Waals surface area contributed by atoms with Crippen molar-refractivity contribution in [2.24, 2.45) is 5.92 Å². The van der Waals surface area contributed by atoms with E-state index in [-0.39, 0.29) is 5.56 Å². The van der Waals surface area contributed by atoms with Gasteiger partial charge in [0.15, 0.2) is 11.6 Å². The van der Waals surface area contributed by atoms with Crippen LogP contribution in [0.4, 0.5) is 8.78 Å². The predicted octanol–water partition coefficient (Wildman–Crippen LogP) is 3.14. The summed E-state index contributed by atoms with van der Waals surface area (Å²) in [5.41, 5.74) is -0.209. The third kappa shape index (κ3) is 4.01. The first-order chi connectivity index (χ1) is 9.88. The Balaban J connectivity index is 2.06. The van der Waals surface area contributed by atoms with Crippen LogP contribution in [-0.2, 0) is 0 Å². The lowest BCUT2D eigenvalue weighted by Gasteiger charge is -2.35. The van der Waals surface area contributed by atoms with E-state index in [0.29, 0.717) is 23.5 Å². The summed E-state index contributed by atoms with van der Waals surface area (Å²) in [7, 11) is 0. The van der Waals surface area contributed by atoms with Gasteiger partial charge in [-0.3, -0.25) is 9.69 Å². The number of hydrogen-bond acceptors (Lipinski definition) is 2. The summed E-state index contributed by atoms with van der Waals surface area (Å²) in [5.74, 6) is -1.96. The Kier molecular flexibility index (Phi) is 5.32. The zero-order valence-electron chi connectivity index (χ0n) is 12.2. The third-order valence-electron chi connectivity index (χ3n) is 3.51. The summed E-state index contributed by atoms with van der Waals surface area (Å²) in [6.45, 7) is 7.90. The molecule has 1 amide bonds. The quantitative estimate of drug-likeness (QED) is 0.773. The molecule has 2 rings (SSSR count). The van der Waals surface area contributed by atoms with Crippen molar-refractivity contribution in [3.05, 3.63) is 33.8 Å². The van der Waals surface area contributed by atoms with Gasteiger partial charge in [0, 0.05) is 37.2 Å². The Morgan fingerprint density at radius 3 is 2.43 bits per heavy atom. The van der Waals surface area contributed by atoms with Crippen LogP contribution in [0.1, 0.15) is 24.2 Å². The van der Waals surface area contributed by atoms with Gasteiger partial charge in [0.1, 0.15) is 0 Å². The molecule has 0 N–H and O–H groups in total. The fourth-order valence-corrected chi connectivity index (χ4v) is 2.96. The van der Waals surface area contributed by atoms with Gasteiger partial charge in [0.05, 0.1) is 5.56 Å². The number of piperazine rings is 1. The van der Waals surface area contributed by atoms with Gasteiger partial charge in [-0.2, -0.15) is 0 Å². The number of amides is 1. The summed E-state index contributed by atoms with van der Waals surface area (Å²) < 4.78 is 27.5. The minimum absolute atomic E-state index is 0.209. The second-order valence-corrected chi connectivity index (χ2v) is 6.65. The average molecular weight is 361 g/mol. The first-order valence-electron chi connectivity index (χ1n) is 7.04. The number of nitrogens with zero attached hydrogens (tertiary/aromatic N) is 2. The lowest BCUT2D eigenvalue weighted by molar-refractivity contribution is 0.0618. The Hall–Kier alpha value is -1.01. The lowest BCUT2D eigenvalue weighted by Crippen LogP contribution is -2.49. The number of carbonyl (C=O) groups excluding carboxylic acids is 1. The molecule has 1 aliphatic rings. The summed E-state index contributed by atoms with van der Waals surface area (Å²) in [6, 6.07) is 2.36. The maximum absolute atomic E-state index is 13.8. The molecule has 0 saturated carbocycles. The van der Waals surface area contributed by atoms with Gasteiger partial charge >= 0.3 is 0 Å². The molecule has 0 unspecified atom stereocenters. The van der Waals surface area contributed by atoms with Gasteiger partial charge in [-0.1, -0.05) is 29.8 Å². The normalized spacial score (nSPS) is 16.6. The molecule has 0 radical (unpaired) electrons. The van der Waals surface area contributed by atoms with Gasteiger partial charge in [0.2, 0.25) is 0 Å². The van der Waals surface area contributed by atoms with Crippen LogP contribution in [0.15, 0.2) is 16.6 Å². The highest BCUT2D eigenvalue weighted by Gasteiger charge is 2.25. The summed E-state index contributed by atoms with van der Waals surface area (Å²) in [6.07, 6.45) is 0. The largest absolute Gasteiger partial charge is 0.336 e. The van der Waals surface area contributed by atoms with Gasteiger partial charge in [-0.15, -0.1) is 0 Å². The zero-order chi connectivity index (χ0) is 15.6. The van der Waals surface area contributed by atoms with Crippen molar-refractivity contribution in [1.82, 2.24) is 9.80 Å². The molecule has 1 saturated heterocycles. The van der Waals surface area contributed by atoms with Crippen molar-refractivity contribution in [3.8, 4) is 0 Å². The van der Waals surface area contributed by atoms with E-state index in [2.05, 4.69) is 34.7 Å². The number of hydrogen-bond donors (Lipinski definition) is 0. The van der Waals surface area contributed by atoms with Crippen LogP contribution in [0, 0.1) is 17.6 Å². The highest BCUT2D eigenvalue weighted by Crippen LogP contribution is 2.21. The van der Waals surface area contributed by atoms with E-state index in [9.17, 15) is 13.6 Å². The molecule has 0 atom stereocenters. The Morgan fingerprint density at radius 1 is 1.24 bits per heavy atom. The Labute approximate surface area is 132 Å². The Bertz CT molecular complexity index is 529. The molecule has 0 spiro atoms. The Morgan fingerprint density at radius 2 is 1.86 bits per heavy atom. The number of carbonyl (C=O) groups is 1. The monoisotopic (exact) mass is 360 g/mol. The van der Waals surface area contributed by atoms with Crippen molar-refractivity contribution in [2.75, 3.05) is 32.7 Å².